The zero-order valence-electron chi connectivity index (χ0n) is 11.9. The van der Waals surface area contributed by atoms with Gasteiger partial charge in [0.15, 0.2) is 5.13 Å². The molecule has 2 aromatic rings. The molecule has 7 heteroatoms. The summed E-state index contributed by atoms with van der Waals surface area (Å²) in [6, 6.07) is 7.85. The van der Waals surface area contributed by atoms with Gasteiger partial charge in [0.25, 0.3) is 0 Å². The van der Waals surface area contributed by atoms with E-state index in [4.69, 9.17) is 5.73 Å². The Labute approximate surface area is 127 Å². The summed E-state index contributed by atoms with van der Waals surface area (Å²) in [5.74, 6) is -0.221. The van der Waals surface area contributed by atoms with Crippen LogP contribution in [0.15, 0.2) is 34.7 Å². The smallest absolute Gasteiger partial charge is 0.246 e. The van der Waals surface area contributed by atoms with Gasteiger partial charge in [-0.05, 0) is 17.7 Å². The Morgan fingerprint density at radius 1 is 1.43 bits per heavy atom. The fourth-order valence-electron chi connectivity index (χ4n) is 1.65. The Balaban J connectivity index is 1.85. The van der Waals surface area contributed by atoms with Crippen LogP contribution in [0.1, 0.15) is 11.3 Å². The minimum atomic E-state index is -0.221. The van der Waals surface area contributed by atoms with Crippen molar-refractivity contribution in [3.8, 4) is 0 Å². The molecule has 21 heavy (non-hydrogen) atoms. The number of hydrogen-bond donors (Lipinski definition) is 2. The first-order valence-electron chi connectivity index (χ1n) is 6.34. The van der Waals surface area contributed by atoms with Crippen molar-refractivity contribution in [1.82, 2.24) is 10.4 Å². The molecule has 0 spiro atoms. The van der Waals surface area contributed by atoms with E-state index in [2.05, 4.69) is 15.5 Å². The molecule has 1 amide bonds. The fourth-order valence-corrected chi connectivity index (χ4v) is 2.21. The highest BCUT2D eigenvalue weighted by molar-refractivity contribution is 7.13. The van der Waals surface area contributed by atoms with E-state index in [1.807, 2.05) is 43.3 Å². The number of hydrogen-bond acceptors (Lipinski definition) is 6. The highest BCUT2D eigenvalue weighted by Crippen LogP contribution is 2.12. The Bertz CT molecular complexity index is 633. The Morgan fingerprint density at radius 2 is 2.14 bits per heavy atom. The molecule has 0 radical (unpaired) electrons. The van der Waals surface area contributed by atoms with Crippen LogP contribution in [0.2, 0.25) is 0 Å². The lowest BCUT2D eigenvalue weighted by Crippen LogP contribution is -2.19. The van der Waals surface area contributed by atoms with Crippen molar-refractivity contribution in [2.75, 3.05) is 24.7 Å². The summed E-state index contributed by atoms with van der Waals surface area (Å²) >= 11 is 1.31. The third kappa shape index (κ3) is 4.57. The summed E-state index contributed by atoms with van der Waals surface area (Å²) in [5, 5.41) is 6.15. The second kappa shape index (κ2) is 6.85. The number of aromatic nitrogens is 1. The number of carbonyl (C=O) groups is 1. The van der Waals surface area contributed by atoms with Gasteiger partial charge in [-0.25, -0.2) is 10.4 Å². The van der Waals surface area contributed by atoms with Crippen LogP contribution < -0.4 is 16.1 Å². The molecule has 0 unspecified atom stereocenters. The third-order valence-corrected chi connectivity index (χ3v) is 3.45. The summed E-state index contributed by atoms with van der Waals surface area (Å²) in [5.41, 5.74) is 10.7. The lowest BCUT2D eigenvalue weighted by Gasteiger charge is -2.11. The molecule has 0 saturated carbocycles. The predicted octanol–water partition coefficient (Wildman–Crippen LogP) is 1.48. The second-order valence-corrected chi connectivity index (χ2v) is 5.52. The summed E-state index contributed by atoms with van der Waals surface area (Å²) < 4.78 is 0. The SMILES string of the molecule is CN(C)c1ccc(/C=N/NC(=O)Cc2csc(N)n2)cc1. The molecule has 0 saturated heterocycles. The monoisotopic (exact) mass is 303 g/mol. The summed E-state index contributed by atoms with van der Waals surface area (Å²) in [4.78, 5) is 17.7. The molecule has 1 aromatic heterocycles. The van der Waals surface area contributed by atoms with Crippen LogP contribution in [0.25, 0.3) is 0 Å². The molecule has 0 bridgehead atoms. The number of anilines is 2. The number of amides is 1. The largest absolute Gasteiger partial charge is 0.378 e. The number of benzene rings is 1. The maximum absolute atomic E-state index is 11.6. The van der Waals surface area contributed by atoms with Gasteiger partial charge < -0.3 is 10.6 Å². The summed E-state index contributed by atoms with van der Waals surface area (Å²) in [6.45, 7) is 0. The maximum Gasteiger partial charge on any atom is 0.246 e. The van der Waals surface area contributed by atoms with Gasteiger partial charge >= 0.3 is 0 Å². The third-order valence-electron chi connectivity index (χ3n) is 2.72. The first-order chi connectivity index (χ1) is 10.0. The van der Waals surface area contributed by atoms with E-state index >= 15 is 0 Å². The number of carbonyl (C=O) groups excluding carboxylic acids is 1. The number of nitrogens with two attached hydrogens (primary N) is 1. The number of nitrogen functional groups attached to an aromatic ring is 1. The van der Waals surface area contributed by atoms with Crippen LogP contribution >= 0.6 is 11.3 Å². The molecular weight excluding hydrogens is 286 g/mol. The molecule has 6 nitrogen and oxygen atoms in total. The predicted molar refractivity (Wildman–Crippen MR) is 86.7 cm³/mol. The van der Waals surface area contributed by atoms with E-state index in [9.17, 15) is 4.79 Å². The number of hydrazone groups is 1. The fraction of sp³-hybridized carbons (Fsp3) is 0.214. The molecular formula is C14H17N5OS. The summed E-state index contributed by atoms with van der Waals surface area (Å²) in [7, 11) is 3.96. The van der Waals surface area contributed by atoms with Crippen molar-refractivity contribution < 1.29 is 4.79 Å². The maximum atomic E-state index is 11.6. The van der Waals surface area contributed by atoms with Crippen molar-refractivity contribution in [1.29, 1.82) is 0 Å². The van der Waals surface area contributed by atoms with Gasteiger partial charge in [-0.1, -0.05) is 12.1 Å². The van der Waals surface area contributed by atoms with E-state index in [1.54, 1.807) is 11.6 Å². The molecule has 110 valence electrons. The Hall–Kier alpha value is -2.41. The standard InChI is InChI=1S/C14H17N5OS/c1-19(2)12-5-3-10(4-6-12)8-16-18-13(20)7-11-9-21-14(15)17-11/h3-6,8-9H,7H2,1-2H3,(H2,15,17)(H,18,20)/b16-8+. The van der Waals surface area contributed by atoms with E-state index in [1.165, 1.54) is 11.3 Å². The highest BCUT2D eigenvalue weighted by Gasteiger charge is 2.05. The van der Waals surface area contributed by atoms with Crippen LogP contribution in [-0.2, 0) is 11.2 Å². The van der Waals surface area contributed by atoms with Gasteiger partial charge in [-0.3, -0.25) is 4.79 Å². The molecule has 1 heterocycles. The van der Waals surface area contributed by atoms with Gasteiger partial charge in [-0.2, -0.15) is 5.10 Å². The van der Waals surface area contributed by atoms with Crippen molar-refractivity contribution >= 4 is 34.3 Å². The van der Waals surface area contributed by atoms with E-state index in [0.717, 1.165) is 11.3 Å². The molecule has 0 atom stereocenters. The molecule has 0 fully saturated rings. The molecule has 0 aliphatic rings. The second-order valence-electron chi connectivity index (χ2n) is 4.63. The van der Waals surface area contributed by atoms with E-state index in [-0.39, 0.29) is 12.3 Å². The lowest BCUT2D eigenvalue weighted by atomic mass is 10.2. The van der Waals surface area contributed by atoms with Crippen LogP contribution in [-0.4, -0.2) is 31.2 Å². The first kappa shape index (κ1) is 15.0. The number of nitrogens with zero attached hydrogens (tertiary/aromatic N) is 3. The molecule has 1 aromatic carbocycles. The zero-order chi connectivity index (χ0) is 15.2. The van der Waals surface area contributed by atoms with Gasteiger partial charge in [-0.15, -0.1) is 11.3 Å². The van der Waals surface area contributed by atoms with Crippen LogP contribution in [0.3, 0.4) is 0 Å². The lowest BCUT2D eigenvalue weighted by molar-refractivity contribution is -0.120. The normalized spacial score (nSPS) is 10.8. The van der Waals surface area contributed by atoms with Gasteiger partial charge in [0.1, 0.15) is 0 Å². The minimum Gasteiger partial charge on any atom is -0.378 e. The van der Waals surface area contributed by atoms with Crippen LogP contribution in [0.4, 0.5) is 10.8 Å². The highest BCUT2D eigenvalue weighted by atomic mass is 32.1. The number of rotatable bonds is 5. The van der Waals surface area contributed by atoms with Crippen LogP contribution in [0, 0.1) is 0 Å². The quantitative estimate of drug-likeness (QED) is 0.647. The van der Waals surface area contributed by atoms with Crippen molar-refractivity contribution in [3.05, 3.63) is 40.9 Å². The van der Waals surface area contributed by atoms with Gasteiger partial charge in [0.05, 0.1) is 18.3 Å². The molecule has 0 aliphatic heterocycles. The molecule has 3 N–H and O–H groups in total. The van der Waals surface area contributed by atoms with Crippen LogP contribution in [0.5, 0.6) is 0 Å². The van der Waals surface area contributed by atoms with E-state index < -0.39 is 0 Å². The topological polar surface area (TPSA) is 83.6 Å². The van der Waals surface area contributed by atoms with Crippen molar-refractivity contribution in [3.63, 3.8) is 0 Å². The molecule has 0 aliphatic carbocycles. The van der Waals surface area contributed by atoms with Gasteiger partial charge in [0.2, 0.25) is 5.91 Å². The first-order valence-corrected chi connectivity index (χ1v) is 7.22. The zero-order valence-corrected chi connectivity index (χ0v) is 12.7. The minimum absolute atomic E-state index is 0.171. The molecule has 2 rings (SSSR count). The Kier molecular flexibility index (Phi) is 4.89. The van der Waals surface area contributed by atoms with Gasteiger partial charge in [0, 0.05) is 25.2 Å². The van der Waals surface area contributed by atoms with Crippen molar-refractivity contribution in [2.45, 2.75) is 6.42 Å². The Morgan fingerprint density at radius 3 is 2.71 bits per heavy atom. The average molecular weight is 303 g/mol. The average Bonchev–Trinajstić information content (AvgIpc) is 2.84. The summed E-state index contributed by atoms with van der Waals surface area (Å²) in [6.07, 6.45) is 1.78. The number of nitrogens with one attached hydrogen (secondary N) is 1. The number of thiazole rings is 1. The van der Waals surface area contributed by atoms with Crippen molar-refractivity contribution in [2.24, 2.45) is 5.10 Å². The van der Waals surface area contributed by atoms with E-state index in [0.29, 0.717) is 10.8 Å².